The van der Waals surface area contributed by atoms with Crippen molar-refractivity contribution in [1.29, 1.82) is 5.26 Å². The quantitative estimate of drug-likeness (QED) is 0.707. The molecule has 0 spiro atoms. The summed E-state index contributed by atoms with van der Waals surface area (Å²) < 4.78 is 3.52. The number of aromatic nitrogens is 2. The number of amides is 1. The van der Waals surface area contributed by atoms with Crippen LogP contribution in [-0.2, 0) is 0 Å². The summed E-state index contributed by atoms with van der Waals surface area (Å²) in [4.78, 5) is 11.6. The van der Waals surface area contributed by atoms with Gasteiger partial charge in [0, 0.05) is 0 Å². The van der Waals surface area contributed by atoms with E-state index in [1.165, 1.54) is 6.20 Å². The Kier molecular flexibility index (Phi) is 2.71. The Bertz CT molecular complexity index is 302. The summed E-state index contributed by atoms with van der Waals surface area (Å²) in [5, 5.41) is 14.4. The van der Waals surface area contributed by atoms with E-state index in [0.717, 1.165) is 11.5 Å². The van der Waals surface area contributed by atoms with E-state index < -0.39 is 6.04 Å². The van der Waals surface area contributed by atoms with Crippen LogP contribution in [0.4, 0.5) is 0 Å². The SMILES string of the molecule is C[C@H](C#N)NC(=O)c1cnns1. The predicted octanol–water partition coefficient (Wildman–Crippen LogP) is 0.180. The summed E-state index contributed by atoms with van der Waals surface area (Å²) in [5.74, 6) is -0.306. The third kappa shape index (κ3) is 2.00. The molecule has 5 nitrogen and oxygen atoms in total. The van der Waals surface area contributed by atoms with Gasteiger partial charge in [-0.15, -0.1) is 5.10 Å². The smallest absolute Gasteiger partial charge is 0.265 e. The first-order chi connectivity index (χ1) is 5.74. The minimum atomic E-state index is -0.486. The molecule has 0 fully saturated rings. The molecule has 1 N–H and O–H groups in total. The lowest BCUT2D eigenvalue weighted by Crippen LogP contribution is -2.30. The van der Waals surface area contributed by atoms with E-state index in [1.807, 2.05) is 6.07 Å². The topological polar surface area (TPSA) is 78.7 Å². The van der Waals surface area contributed by atoms with Gasteiger partial charge < -0.3 is 5.32 Å². The molecule has 0 bridgehead atoms. The van der Waals surface area contributed by atoms with Crippen molar-refractivity contribution in [2.75, 3.05) is 0 Å². The van der Waals surface area contributed by atoms with Gasteiger partial charge in [-0.25, -0.2) is 0 Å². The standard InChI is InChI=1S/C6H6N4OS/c1-4(2-7)9-6(11)5-3-8-10-12-5/h3-4H,1H3,(H,9,11)/t4-/m1/s1. The van der Waals surface area contributed by atoms with Gasteiger partial charge in [0.25, 0.3) is 5.91 Å². The zero-order valence-electron chi connectivity index (χ0n) is 6.31. The van der Waals surface area contributed by atoms with Crippen LogP contribution in [0.1, 0.15) is 16.6 Å². The van der Waals surface area contributed by atoms with Crippen molar-refractivity contribution in [2.24, 2.45) is 0 Å². The molecule has 0 radical (unpaired) electrons. The first-order valence-electron chi connectivity index (χ1n) is 3.22. The van der Waals surface area contributed by atoms with Crippen LogP contribution in [0, 0.1) is 11.3 Å². The Hall–Kier alpha value is -1.48. The van der Waals surface area contributed by atoms with Crippen molar-refractivity contribution in [3.8, 4) is 6.07 Å². The molecule has 1 rings (SSSR count). The monoisotopic (exact) mass is 182 g/mol. The summed E-state index contributed by atoms with van der Waals surface area (Å²) >= 11 is 1.00. The van der Waals surface area contributed by atoms with Crippen molar-refractivity contribution in [2.45, 2.75) is 13.0 Å². The fourth-order valence-corrected chi connectivity index (χ4v) is 0.986. The van der Waals surface area contributed by atoms with E-state index in [2.05, 4.69) is 14.9 Å². The second-order valence-corrected chi connectivity index (χ2v) is 2.89. The first kappa shape index (κ1) is 8.62. The second kappa shape index (κ2) is 3.78. The molecule has 1 atom stereocenters. The number of hydrogen-bond donors (Lipinski definition) is 1. The van der Waals surface area contributed by atoms with E-state index in [-0.39, 0.29) is 5.91 Å². The first-order valence-corrected chi connectivity index (χ1v) is 3.99. The van der Waals surface area contributed by atoms with Crippen molar-refractivity contribution in [3.05, 3.63) is 11.1 Å². The molecule has 1 heterocycles. The Morgan fingerprint density at radius 2 is 2.67 bits per heavy atom. The molecule has 62 valence electrons. The molecule has 0 aromatic carbocycles. The van der Waals surface area contributed by atoms with Crippen LogP contribution in [0.3, 0.4) is 0 Å². The number of rotatable bonds is 2. The number of carbonyl (C=O) groups is 1. The third-order valence-corrected chi connectivity index (χ3v) is 1.79. The van der Waals surface area contributed by atoms with Crippen LogP contribution in [-0.4, -0.2) is 21.5 Å². The number of nitrogens with one attached hydrogen (secondary N) is 1. The van der Waals surface area contributed by atoms with Gasteiger partial charge in [0.1, 0.15) is 10.9 Å². The van der Waals surface area contributed by atoms with Crippen molar-refractivity contribution >= 4 is 17.4 Å². The summed E-state index contributed by atoms with van der Waals surface area (Å²) in [7, 11) is 0. The molecule has 12 heavy (non-hydrogen) atoms. The van der Waals surface area contributed by atoms with Crippen molar-refractivity contribution in [3.63, 3.8) is 0 Å². The Labute approximate surface area is 73.2 Å². The minimum Gasteiger partial charge on any atom is -0.336 e. The van der Waals surface area contributed by atoms with Gasteiger partial charge in [0.2, 0.25) is 0 Å². The Morgan fingerprint density at radius 1 is 1.92 bits per heavy atom. The Balaban J connectivity index is 2.57. The molecule has 0 aliphatic heterocycles. The summed E-state index contributed by atoms with van der Waals surface area (Å²) in [6.45, 7) is 1.60. The van der Waals surface area contributed by atoms with E-state index in [1.54, 1.807) is 6.92 Å². The van der Waals surface area contributed by atoms with Crippen LogP contribution in [0.25, 0.3) is 0 Å². The highest BCUT2D eigenvalue weighted by molar-refractivity contribution is 7.07. The van der Waals surface area contributed by atoms with Gasteiger partial charge in [-0.2, -0.15) is 5.26 Å². The molecule has 0 saturated carbocycles. The fraction of sp³-hybridized carbons (Fsp3) is 0.333. The predicted molar refractivity (Wildman–Crippen MR) is 42.5 cm³/mol. The average Bonchev–Trinajstić information content (AvgIpc) is 2.56. The van der Waals surface area contributed by atoms with Crippen molar-refractivity contribution in [1.82, 2.24) is 14.9 Å². The number of nitrogens with zero attached hydrogens (tertiary/aromatic N) is 3. The van der Waals surface area contributed by atoms with Crippen LogP contribution in [0.2, 0.25) is 0 Å². The molecular formula is C6H6N4OS. The maximum atomic E-state index is 11.1. The molecule has 6 heteroatoms. The second-order valence-electron chi connectivity index (χ2n) is 2.11. The minimum absolute atomic E-state index is 0.306. The van der Waals surface area contributed by atoms with E-state index >= 15 is 0 Å². The zero-order valence-corrected chi connectivity index (χ0v) is 7.13. The van der Waals surface area contributed by atoms with Crippen LogP contribution < -0.4 is 5.32 Å². The largest absolute Gasteiger partial charge is 0.336 e. The maximum absolute atomic E-state index is 11.1. The van der Waals surface area contributed by atoms with Gasteiger partial charge in [0.05, 0.1) is 12.3 Å². The summed E-state index contributed by atoms with van der Waals surface area (Å²) in [6, 6.07) is 1.40. The van der Waals surface area contributed by atoms with Gasteiger partial charge >= 0.3 is 0 Å². The van der Waals surface area contributed by atoms with Gasteiger partial charge in [-0.05, 0) is 18.5 Å². The summed E-state index contributed by atoms with van der Waals surface area (Å²) in [6.07, 6.45) is 1.37. The number of nitriles is 1. The number of hydrogen-bond acceptors (Lipinski definition) is 5. The fourth-order valence-electron chi connectivity index (χ4n) is 0.567. The molecule has 1 aromatic rings. The lowest BCUT2D eigenvalue weighted by molar-refractivity contribution is 0.0951. The lowest BCUT2D eigenvalue weighted by Gasteiger charge is -2.02. The van der Waals surface area contributed by atoms with E-state index in [0.29, 0.717) is 4.88 Å². The van der Waals surface area contributed by atoms with Crippen LogP contribution in [0.5, 0.6) is 0 Å². The Morgan fingerprint density at radius 3 is 3.17 bits per heavy atom. The lowest BCUT2D eigenvalue weighted by atomic mass is 10.3. The molecule has 1 amide bonds. The van der Waals surface area contributed by atoms with Crippen LogP contribution >= 0.6 is 11.5 Å². The summed E-state index contributed by atoms with van der Waals surface area (Å²) in [5.41, 5.74) is 0. The average molecular weight is 182 g/mol. The molecule has 1 aromatic heterocycles. The van der Waals surface area contributed by atoms with Crippen molar-refractivity contribution < 1.29 is 4.79 Å². The molecule has 0 aliphatic carbocycles. The molecule has 0 unspecified atom stereocenters. The molecular weight excluding hydrogens is 176 g/mol. The maximum Gasteiger partial charge on any atom is 0.265 e. The van der Waals surface area contributed by atoms with Gasteiger partial charge in [0.15, 0.2) is 0 Å². The molecule has 0 aliphatic rings. The normalized spacial score (nSPS) is 11.7. The third-order valence-electron chi connectivity index (χ3n) is 1.13. The highest BCUT2D eigenvalue weighted by Crippen LogP contribution is 2.01. The zero-order chi connectivity index (χ0) is 8.97. The van der Waals surface area contributed by atoms with Gasteiger partial charge in [-0.3, -0.25) is 4.79 Å². The highest BCUT2D eigenvalue weighted by Gasteiger charge is 2.10. The van der Waals surface area contributed by atoms with E-state index in [9.17, 15) is 4.79 Å². The van der Waals surface area contributed by atoms with Gasteiger partial charge in [-0.1, -0.05) is 4.49 Å². The highest BCUT2D eigenvalue weighted by atomic mass is 32.1. The number of carbonyl (C=O) groups excluding carboxylic acids is 1. The van der Waals surface area contributed by atoms with E-state index in [4.69, 9.17) is 5.26 Å². The van der Waals surface area contributed by atoms with Crippen LogP contribution in [0.15, 0.2) is 6.20 Å². The molecule has 0 saturated heterocycles.